The largest absolute Gasteiger partial charge is 1.00 e. The molecule has 0 amide bonds. The van der Waals surface area contributed by atoms with Crippen molar-refractivity contribution >= 4 is 23.5 Å². The van der Waals surface area contributed by atoms with Gasteiger partial charge in [-0.15, -0.1) is 0 Å². The van der Waals surface area contributed by atoms with Gasteiger partial charge in [0.15, 0.2) is 0 Å². The van der Waals surface area contributed by atoms with E-state index in [1.165, 1.54) is 33.6 Å². The average molecular weight is 614 g/mol. The first-order chi connectivity index (χ1) is 14.4. The fourth-order valence-electron chi connectivity index (χ4n) is 4.21. The number of nitrogens with zero attached hydrogens (tertiary/aromatic N) is 6. The minimum absolute atomic E-state index is 0. The van der Waals surface area contributed by atoms with Crippen LogP contribution in [0.4, 0.5) is 0 Å². The molecule has 2 aliphatic carbocycles. The molecule has 0 N–H and O–H groups in total. The summed E-state index contributed by atoms with van der Waals surface area (Å²) in [5, 5.41) is 8.89. The molecule has 31 heavy (non-hydrogen) atoms. The van der Waals surface area contributed by atoms with Gasteiger partial charge in [0.05, 0.1) is 0 Å². The van der Waals surface area contributed by atoms with Crippen LogP contribution in [0.5, 0.6) is 0 Å². The van der Waals surface area contributed by atoms with Gasteiger partial charge in [-0.1, -0.05) is 0 Å². The van der Waals surface area contributed by atoms with Crippen molar-refractivity contribution in [2.24, 2.45) is 0 Å². The van der Waals surface area contributed by atoms with Crippen LogP contribution in [0, 0.1) is 0 Å². The van der Waals surface area contributed by atoms with Crippen LogP contribution in [0.15, 0.2) is 73.8 Å². The van der Waals surface area contributed by atoms with Crippen molar-refractivity contribution in [3.05, 3.63) is 96.1 Å². The minimum Gasteiger partial charge on any atom is -1.00 e. The molecular formula is C22H16Cl2HfN6. The van der Waals surface area contributed by atoms with Gasteiger partial charge in [-0.25, -0.2) is 0 Å². The quantitative estimate of drug-likeness (QED) is 0.245. The normalized spacial score (nSPS) is 18.1. The number of hydrogen-bond donors (Lipinski definition) is 0. The summed E-state index contributed by atoms with van der Waals surface area (Å²) in [6.45, 7) is 0. The van der Waals surface area contributed by atoms with Crippen LogP contribution in [0.25, 0.3) is 23.5 Å². The molecule has 0 spiro atoms. The molecular weight excluding hydrogens is 598 g/mol. The van der Waals surface area contributed by atoms with Gasteiger partial charge in [-0.3, -0.25) is 0 Å². The predicted octanol–water partition coefficient (Wildman–Crippen LogP) is -2.23. The molecule has 0 radical (unpaired) electrons. The molecule has 6 nitrogen and oxygen atoms in total. The summed E-state index contributed by atoms with van der Waals surface area (Å²) in [5.74, 6) is 0. The summed E-state index contributed by atoms with van der Waals surface area (Å²) in [7, 11) is 0. The zero-order chi connectivity index (χ0) is 19.2. The predicted molar refractivity (Wildman–Crippen MR) is 107 cm³/mol. The van der Waals surface area contributed by atoms with Gasteiger partial charge in [0.1, 0.15) is 0 Å². The molecule has 0 saturated carbocycles. The summed E-state index contributed by atoms with van der Waals surface area (Å²) in [4.78, 5) is 8.37. The van der Waals surface area contributed by atoms with Crippen LogP contribution in [0.3, 0.4) is 0 Å². The van der Waals surface area contributed by atoms with Crippen molar-refractivity contribution in [3.8, 4) is 0 Å². The van der Waals surface area contributed by atoms with E-state index < -0.39 is 22.9 Å². The number of aromatic nitrogens is 6. The number of allylic oxidation sites excluding steroid dienone is 2. The number of halogens is 2. The average Bonchev–Trinajstić information content (AvgIpc) is 3.55. The van der Waals surface area contributed by atoms with E-state index in [9.17, 15) is 0 Å². The maximum absolute atomic E-state index is 4.45. The first-order valence-electron chi connectivity index (χ1n) is 9.45. The smallest absolute Gasteiger partial charge is 1.00 e. The van der Waals surface area contributed by atoms with Crippen molar-refractivity contribution in [1.29, 1.82) is 0 Å². The molecule has 0 fully saturated rings. The third-order valence-electron chi connectivity index (χ3n) is 5.51. The maximum atomic E-state index is 4.45. The summed E-state index contributed by atoms with van der Waals surface area (Å²) in [6, 6.07) is 17.4. The van der Waals surface area contributed by atoms with Crippen LogP contribution < -0.4 is 24.8 Å². The molecule has 2 aliphatic rings. The minimum atomic E-state index is -1.36. The Morgan fingerprint density at radius 1 is 0.645 bits per heavy atom. The second-order valence-corrected chi connectivity index (χ2v) is 12.5. The third kappa shape index (κ3) is 3.75. The Hall–Kier alpha value is -2.35. The van der Waals surface area contributed by atoms with Crippen LogP contribution in [-0.4, -0.2) is 29.5 Å². The van der Waals surface area contributed by atoms with E-state index in [1.807, 2.05) is 22.0 Å². The molecule has 0 aliphatic heterocycles. The molecule has 4 aromatic rings. The monoisotopic (exact) mass is 614 g/mol. The second kappa shape index (κ2) is 9.02. The van der Waals surface area contributed by atoms with Gasteiger partial charge >= 0.3 is 179 Å². The first kappa shape index (κ1) is 21.9. The van der Waals surface area contributed by atoms with Crippen molar-refractivity contribution in [2.45, 2.75) is 7.35 Å². The van der Waals surface area contributed by atoms with E-state index in [1.54, 1.807) is 12.7 Å². The van der Waals surface area contributed by atoms with E-state index in [-0.39, 0.29) is 24.8 Å². The van der Waals surface area contributed by atoms with E-state index in [4.69, 9.17) is 0 Å². The topological polar surface area (TPSA) is 61.4 Å². The van der Waals surface area contributed by atoms with Crippen LogP contribution in [-0.2, 0) is 22.9 Å². The summed E-state index contributed by atoms with van der Waals surface area (Å²) in [5.41, 5.74) is 7.93. The van der Waals surface area contributed by atoms with Gasteiger partial charge in [-0.05, 0) is 0 Å². The molecule has 9 heteroatoms. The molecule has 6 rings (SSSR count). The standard InChI is InChI=1S/2C11H8N3.2ClH.Hf/c2*1-2-4-10-6-11(5-9(10)3-1)14-8-12-7-13-14;;;/h2*1-8H;2*1H;/q;;;;+2/p-2. The third-order valence-corrected chi connectivity index (χ3v) is 12.3. The molecule has 0 saturated heterocycles. The summed E-state index contributed by atoms with van der Waals surface area (Å²) < 4.78 is 4.71. The van der Waals surface area contributed by atoms with Gasteiger partial charge < -0.3 is 24.8 Å². The first-order valence-corrected chi connectivity index (χ1v) is 13.6. The molecule has 2 aromatic carbocycles. The van der Waals surface area contributed by atoms with E-state index in [0.29, 0.717) is 7.35 Å². The summed E-state index contributed by atoms with van der Waals surface area (Å²) in [6.07, 6.45) is 11.4. The van der Waals surface area contributed by atoms with Gasteiger partial charge in [0, 0.05) is 0 Å². The number of benzene rings is 2. The summed E-state index contributed by atoms with van der Waals surface area (Å²) >= 11 is -1.36. The molecule has 2 aromatic heterocycles. The Bertz CT molecular complexity index is 1150. The van der Waals surface area contributed by atoms with Gasteiger partial charge in [-0.2, -0.15) is 0 Å². The van der Waals surface area contributed by atoms with Crippen molar-refractivity contribution in [1.82, 2.24) is 29.5 Å². The Balaban J connectivity index is 0.00000116. The van der Waals surface area contributed by atoms with Crippen LogP contribution in [0.2, 0.25) is 0 Å². The number of hydrogen-bond acceptors (Lipinski definition) is 4. The van der Waals surface area contributed by atoms with Gasteiger partial charge in [0.25, 0.3) is 0 Å². The molecule has 0 bridgehead atoms. The molecule has 2 atom stereocenters. The zero-order valence-corrected chi connectivity index (χ0v) is 21.3. The van der Waals surface area contributed by atoms with Crippen molar-refractivity contribution in [2.75, 3.05) is 0 Å². The Kier molecular flexibility index (Phi) is 6.36. The Morgan fingerprint density at radius 3 is 1.52 bits per heavy atom. The fourth-order valence-corrected chi connectivity index (χ4v) is 11.4. The number of rotatable bonds is 4. The Morgan fingerprint density at radius 2 is 1.10 bits per heavy atom. The van der Waals surface area contributed by atoms with Crippen molar-refractivity contribution in [3.63, 3.8) is 0 Å². The molecule has 2 unspecified atom stereocenters. The molecule has 152 valence electrons. The van der Waals surface area contributed by atoms with E-state index in [2.05, 4.69) is 80.8 Å². The van der Waals surface area contributed by atoms with E-state index >= 15 is 0 Å². The molecule has 2 heterocycles. The maximum Gasteiger partial charge on any atom is -1.00 e. The van der Waals surface area contributed by atoms with Crippen molar-refractivity contribution < 1.29 is 47.7 Å². The van der Waals surface area contributed by atoms with Crippen LogP contribution >= 0.6 is 0 Å². The van der Waals surface area contributed by atoms with Gasteiger partial charge in [0.2, 0.25) is 0 Å². The second-order valence-electron chi connectivity index (χ2n) is 7.11. The fraction of sp³-hybridized carbons (Fsp3) is 0.0909. The Labute approximate surface area is 203 Å². The van der Waals surface area contributed by atoms with Crippen LogP contribution in [0.1, 0.15) is 29.6 Å². The SMILES string of the molecule is C1=C(n2cncn2)[CH]([Hf+2][CH]2C(n3cncn3)=Cc3ccccc32)c2ccccc21.[Cl-].[Cl-]. The zero-order valence-electron chi connectivity index (χ0n) is 16.2. The number of fused-ring (bicyclic) bond motifs is 2. The van der Waals surface area contributed by atoms with E-state index in [0.717, 1.165) is 0 Å².